The highest BCUT2D eigenvalue weighted by atomic mass is 16.1. The van der Waals surface area contributed by atoms with Gasteiger partial charge in [0.25, 0.3) is 0 Å². The Morgan fingerprint density at radius 2 is 2.09 bits per heavy atom. The number of rotatable bonds is 4. The first-order valence-corrected chi connectivity index (χ1v) is 3.78. The first-order chi connectivity index (χ1) is 4.98. The van der Waals surface area contributed by atoms with Crippen LogP contribution < -0.4 is 0 Å². The second kappa shape index (κ2) is 4.12. The molecule has 0 fully saturated rings. The topological polar surface area (TPSA) is 17.1 Å². The lowest BCUT2D eigenvalue weighted by Crippen LogP contribution is -2.04. The van der Waals surface area contributed by atoms with E-state index in [1.54, 1.807) is 13.0 Å². The van der Waals surface area contributed by atoms with Crippen LogP contribution in [0.3, 0.4) is 0 Å². The Morgan fingerprint density at radius 3 is 2.45 bits per heavy atom. The minimum atomic E-state index is 0.102. The van der Waals surface area contributed by atoms with Crippen molar-refractivity contribution in [1.29, 1.82) is 0 Å². The highest BCUT2D eigenvalue weighted by molar-refractivity contribution is 5.87. The van der Waals surface area contributed by atoms with Crippen LogP contribution >= 0.6 is 0 Å². The van der Waals surface area contributed by atoms with Gasteiger partial charge < -0.3 is 0 Å². The van der Waals surface area contributed by atoms with Crippen LogP contribution in [0.2, 0.25) is 0 Å². The molecule has 0 bridgehead atoms. The van der Waals surface area contributed by atoms with E-state index in [1.807, 2.05) is 12.2 Å². The molecule has 0 atom stereocenters. The van der Waals surface area contributed by atoms with Crippen molar-refractivity contribution in [3.63, 3.8) is 0 Å². The summed E-state index contributed by atoms with van der Waals surface area (Å²) in [5.74, 6) is 0.102. The average Bonchev–Trinajstić information content (AvgIpc) is 1.87. The smallest absolute Gasteiger partial charge is 0.152 e. The maximum atomic E-state index is 10.5. The van der Waals surface area contributed by atoms with Crippen molar-refractivity contribution in [2.45, 2.75) is 27.2 Å². The number of carbonyl (C=O) groups is 1. The molecule has 0 rings (SSSR count). The van der Waals surface area contributed by atoms with E-state index < -0.39 is 0 Å². The van der Waals surface area contributed by atoms with E-state index in [2.05, 4.69) is 20.4 Å². The van der Waals surface area contributed by atoms with E-state index in [1.165, 1.54) is 0 Å². The summed E-state index contributed by atoms with van der Waals surface area (Å²) in [7, 11) is 0. The van der Waals surface area contributed by atoms with Gasteiger partial charge in [-0.1, -0.05) is 26.0 Å². The highest BCUT2D eigenvalue weighted by Crippen LogP contribution is 2.21. The molecule has 11 heavy (non-hydrogen) atoms. The maximum absolute atomic E-state index is 10.5. The van der Waals surface area contributed by atoms with Crippen LogP contribution in [0.1, 0.15) is 27.2 Å². The fourth-order valence-electron chi connectivity index (χ4n) is 0.612. The van der Waals surface area contributed by atoms with Gasteiger partial charge in [0, 0.05) is 0 Å². The van der Waals surface area contributed by atoms with Crippen molar-refractivity contribution in [3.05, 3.63) is 24.8 Å². The van der Waals surface area contributed by atoms with Crippen LogP contribution in [0, 0.1) is 5.41 Å². The van der Waals surface area contributed by atoms with Crippen molar-refractivity contribution < 1.29 is 4.79 Å². The molecular formula is C10H16O. The van der Waals surface area contributed by atoms with Gasteiger partial charge in [0.05, 0.1) is 0 Å². The molecule has 0 aliphatic carbocycles. The monoisotopic (exact) mass is 152 g/mol. The lowest BCUT2D eigenvalue weighted by Gasteiger charge is -2.15. The zero-order valence-corrected chi connectivity index (χ0v) is 7.55. The van der Waals surface area contributed by atoms with Crippen molar-refractivity contribution >= 4 is 5.78 Å². The first kappa shape index (κ1) is 10.2. The molecule has 0 spiro atoms. The van der Waals surface area contributed by atoms with E-state index in [-0.39, 0.29) is 11.2 Å². The molecule has 0 heterocycles. The molecule has 0 amide bonds. The van der Waals surface area contributed by atoms with Gasteiger partial charge in [0.2, 0.25) is 0 Å². The third kappa shape index (κ3) is 5.59. The Kier molecular flexibility index (Phi) is 3.80. The highest BCUT2D eigenvalue weighted by Gasteiger charge is 2.09. The molecule has 1 heteroatoms. The predicted molar refractivity (Wildman–Crippen MR) is 48.4 cm³/mol. The van der Waals surface area contributed by atoms with E-state index in [0.717, 1.165) is 6.42 Å². The van der Waals surface area contributed by atoms with Gasteiger partial charge in [-0.25, -0.2) is 0 Å². The summed E-state index contributed by atoms with van der Waals surface area (Å²) in [6.45, 7) is 9.44. The fourth-order valence-corrected chi connectivity index (χ4v) is 0.612. The van der Waals surface area contributed by atoms with Gasteiger partial charge in [0.1, 0.15) is 0 Å². The molecule has 0 aliphatic heterocycles. The Bertz CT molecular complexity index is 175. The van der Waals surface area contributed by atoms with Crippen LogP contribution in [0.15, 0.2) is 24.8 Å². The average molecular weight is 152 g/mol. The van der Waals surface area contributed by atoms with E-state index in [4.69, 9.17) is 0 Å². The quantitative estimate of drug-likeness (QED) is 0.447. The molecule has 0 saturated carbocycles. The molecular weight excluding hydrogens is 136 g/mol. The lowest BCUT2D eigenvalue weighted by molar-refractivity contribution is -0.112. The molecule has 0 aromatic heterocycles. The summed E-state index contributed by atoms with van der Waals surface area (Å²) in [5.41, 5.74) is 0.103. The van der Waals surface area contributed by atoms with Crippen LogP contribution in [0.4, 0.5) is 0 Å². The second-order valence-corrected chi connectivity index (χ2v) is 3.41. The maximum Gasteiger partial charge on any atom is 0.152 e. The summed E-state index contributed by atoms with van der Waals surface area (Å²) in [6.07, 6.45) is 6.27. The normalized spacial score (nSPS) is 11.9. The van der Waals surface area contributed by atoms with E-state index in [0.29, 0.717) is 0 Å². The molecule has 1 nitrogen and oxygen atoms in total. The van der Waals surface area contributed by atoms with Gasteiger partial charge in [0.15, 0.2) is 5.78 Å². The van der Waals surface area contributed by atoms with Crippen molar-refractivity contribution in [1.82, 2.24) is 0 Å². The van der Waals surface area contributed by atoms with Crippen LogP contribution in [-0.4, -0.2) is 5.78 Å². The molecule has 62 valence electrons. The van der Waals surface area contributed by atoms with Crippen molar-refractivity contribution in [2.75, 3.05) is 0 Å². The number of carbonyl (C=O) groups excluding carboxylic acids is 1. The van der Waals surface area contributed by atoms with Crippen LogP contribution in [0.5, 0.6) is 0 Å². The number of hydrogen-bond donors (Lipinski definition) is 0. The predicted octanol–water partition coefficient (Wildman–Crippen LogP) is 2.73. The summed E-state index contributed by atoms with van der Waals surface area (Å²) < 4.78 is 0. The SMILES string of the molecule is C=CC(C)(C)CC=CC(C)=O. The lowest BCUT2D eigenvalue weighted by atomic mass is 9.89. The molecule has 0 aromatic carbocycles. The minimum absolute atomic E-state index is 0.102. The standard InChI is InChI=1S/C10H16O/c1-5-10(3,4)8-6-7-9(2)11/h5-7H,1,8H2,2-4H3. The van der Waals surface area contributed by atoms with E-state index >= 15 is 0 Å². The first-order valence-electron chi connectivity index (χ1n) is 3.78. The Hall–Kier alpha value is -0.850. The Balaban J connectivity index is 3.87. The van der Waals surface area contributed by atoms with Crippen LogP contribution in [0.25, 0.3) is 0 Å². The zero-order valence-electron chi connectivity index (χ0n) is 7.55. The van der Waals surface area contributed by atoms with Crippen molar-refractivity contribution in [3.8, 4) is 0 Å². The molecule has 0 aromatic rings. The van der Waals surface area contributed by atoms with Crippen LogP contribution in [-0.2, 0) is 4.79 Å². The number of hydrogen-bond acceptors (Lipinski definition) is 1. The largest absolute Gasteiger partial charge is 0.295 e. The summed E-state index contributed by atoms with van der Waals surface area (Å²) >= 11 is 0. The van der Waals surface area contributed by atoms with Gasteiger partial charge in [-0.3, -0.25) is 4.79 Å². The van der Waals surface area contributed by atoms with Gasteiger partial charge in [-0.2, -0.15) is 0 Å². The Morgan fingerprint density at radius 1 is 1.55 bits per heavy atom. The second-order valence-electron chi connectivity index (χ2n) is 3.41. The number of allylic oxidation sites excluding steroid dienone is 3. The van der Waals surface area contributed by atoms with Gasteiger partial charge in [-0.15, -0.1) is 6.58 Å². The van der Waals surface area contributed by atoms with E-state index in [9.17, 15) is 4.79 Å². The summed E-state index contributed by atoms with van der Waals surface area (Å²) in [6, 6.07) is 0. The molecule has 0 radical (unpaired) electrons. The molecule has 0 unspecified atom stereocenters. The fraction of sp³-hybridized carbons (Fsp3) is 0.500. The third-order valence-electron chi connectivity index (χ3n) is 1.55. The zero-order chi connectivity index (χ0) is 8.91. The summed E-state index contributed by atoms with van der Waals surface area (Å²) in [5, 5.41) is 0. The van der Waals surface area contributed by atoms with Gasteiger partial charge >= 0.3 is 0 Å². The van der Waals surface area contributed by atoms with Crippen molar-refractivity contribution in [2.24, 2.45) is 5.41 Å². The minimum Gasteiger partial charge on any atom is -0.295 e. The number of ketones is 1. The molecule has 0 saturated heterocycles. The van der Waals surface area contributed by atoms with Gasteiger partial charge in [-0.05, 0) is 24.8 Å². The Labute approximate surface area is 68.8 Å². The third-order valence-corrected chi connectivity index (χ3v) is 1.55. The molecule has 0 aliphatic rings. The molecule has 0 N–H and O–H groups in total. The summed E-state index contributed by atoms with van der Waals surface area (Å²) in [4.78, 5) is 10.5.